The van der Waals surface area contributed by atoms with Gasteiger partial charge in [-0.3, -0.25) is 9.48 Å². The Kier molecular flexibility index (Phi) is 5.30. The van der Waals surface area contributed by atoms with E-state index in [0.29, 0.717) is 17.8 Å². The Morgan fingerprint density at radius 2 is 2.00 bits per heavy atom. The van der Waals surface area contributed by atoms with Crippen LogP contribution in [0, 0.1) is 6.92 Å². The number of ether oxygens (including phenoxy) is 1. The summed E-state index contributed by atoms with van der Waals surface area (Å²) in [5.41, 5.74) is 1.77. The molecule has 1 aromatic carbocycles. The lowest BCUT2D eigenvalue weighted by molar-refractivity contribution is 0.0489. The summed E-state index contributed by atoms with van der Waals surface area (Å²) in [6, 6.07) is 10.6. The molecular weight excluding hydrogens is 282 g/mol. The molecule has 1 heterocycles. The molecular formula is C16H19N3O3. The number of hydrogen-bond acceptors (Lipinski definition) is 4. The third kappa shape index (κ3) is 3.94. The molecule has 0 saturated heterocycles. The molecule has 0 radical (unpaired) electrons. The molecule has 0 aliphatic carbocycles. The summed E-state index contributed by atoms with van der Waals surface area (Å²) in [6.45, 7) is 4.71. The van der Waals surface area contributed by atoms with Crippen LogP contribution in [0.3, 0.4) is 0 Å². The first-order chi connectivity index (χ1) is 10.6. The molecule has 0 atom stereocenters. The van der Waals surface area contributed by atoms with E-state index in [0.717, 1.165) is 5.69 Å². The fourth-order valence-electron chi connectivity index (χ4n) is 2.02. The summed E-state index contributed by atoms with van der Waals surface area (Å²) >= 11 is 0. The fraction of sp³-hybridized carbons (Fsp3) is 0.312. The molecule has 2 rings (SSSR count). The Balaban J connectivity index is 1.79. The molecule has 22 heavy (non-hydrogen) atoms. The van der Waals surface area contributed by atoms with Crippen LogP contribution < -0.4 is 5.32 Å². The van der Waals surface area contributed by atoms with Gasteiger partial charge in [0.05, 0.1) is 12.2 Å². The highest BCUT2D eigenvalue weighted by atomic mass is 16.5. The van der Waals surface area contributed by atoms with Crippen molar-refractivity contribution in [2.75, 3.05) is 13.2 Å². The largest absolute Gasteiger partial charge is 0.459 e. The Morgan fingerprint density at radius 1 is 1.27 bits per heavy atom. The van der Waals surface area contributed by atoms with Crippen LogP contribution in [0.15, 0.2) is 36.4 Å². The van der Waals surface area contributed by atoms with Crippen molar-refractivity contribution in [1.29, 1.82) is 0 Å². The average molecular weight is 301 g/mol. The molecule has 1 aromatic heterocycles. The second-order valence-electron chi connectivity index (χ2n) is 4.74. The number of aromatic nitrogens is 2. The summed E-state index contributed by atoms with van der Waals surface area (Å²) in [6.07, 6.45) is 0. The normalized spacial score (nSPS) is 10.3. The van der Waals surface area contributed by atoms with Crippen LogP contribution in [0.2, 0.25) is 0 Å². The monoisotopic (exact) mass is 301 g/mol. The third-order valence-electron chi connectivity index (χ3n) is 3.07. The number of carbonyl (C=O) groups excluding carboxylic acids is 2. The van der Waals surface area contributed by atoms with Gasteiger partial charge in [-0.15, -0.1) is 0 Å². The lowest BCUT2D eigenvalue weighted by Gasteiger charge is -2.07. The first-order valence-electron chi connectivity index (χ1n) is 7.16. The molecule has 0 spiro atoms. The van der Waals surface area contributed by atoms with Crippen LogP contribution >= 0.6 is 0 Å². The molecule has 116 valence electrons. The number of benzene rings is 1. The van der Waals surface area contributed by atoms with Gasteiger partial charge in [-0.25, -0.2) is 4.79 Å². The maximum Gasteiger partial charge on any atom is 0.356 e. The molecule has 0 unspecified atom stereocenters. The lowest BCUT2D eigenvalue weighted by Crippen LogP contribution is -2.28. The van der Waals surface area contributed by atoms with Gasteiger partial charge in [0.25, 0.3) is 5.91 Å². The van der Waals surface area contributed by atoms with Gasteiger partial charge >= 0.3 is 5.97 Å². The Hall–Kier alpha value is -2.63. The number of carbonyl (C=O) groups is 2. The van der Waals surface area contributed by atoms with E-state index in [2.05, 4.69) is 10.4 Å². The van der Waals surface area contributed by atoms with Crippen LogP contribution in [-0.4, -0.2) is 34.8 Å². The van der Waals surface area contributed by atoms with Gasteiger partial charge in [0.1, 0.15) is 12.3 Å². The summed E-state index contributed by atoms with van der Waals surface area (Å²) in [4.78, 5) is 23.8. The zero-order valence-electron chi connectivity index (χ0n) is 12.7. The average Bonchev–Trinajstić information content (AvgIpc) is 2.93. The molecule has 6 heteroatoms. The predicted molar refractivity (Wildman–Crippen MR) is 81.7 cm³/mol. The van der Waals surface area contributed by atoms with Gasteiger partial charge in [-0.2, -0.15) is 5.10 Å². The SMILES string of the molecule is CCn1nc(C)cc1C(=O)OCCNC(=O)c1ccccc1. The van der Waals surface area contributed by atoms with E-state index in [4.69, 9.17) is 4.74 Å². The van der Waals surface area contributed by atoms with Crippen molar-refractivity contribution < 1.29 is 14.3 Å². The number of hydrogen-bond donors (Lipinski definition) is 1. The molecule has 6 nitrogen and oxygen atoms in total. The Morgan fingerprint density at radius 3 is 2.68 bits per heavy atom. The van der Waals surface area contributed by atoms with Crippen molar-refractivity contribution >= 4 is 11.9 Å². The maximum absolute atomic E-state index is 12.0. The summed E-state index contributed by atoms with van der Waals surface area (Å²) in [7, 11) is 0. The minimum atomic E-state index is -0.434. The van der Waals surface area contributed by atoms with Crippen molar-refractivity contribution in [3.63, 3.8) is 0 Å². The van der Waals surface area contributed by atoms with Crippen molar-refractivity contribution in [2.24, 2.45) is 0 Å². The highest BCUT2D eigenvalue weighted by molar-refractivity contribution is 5.94. The minimum Gasteiger partial charge on any atom is -0.459 e. The molecule has 2 aromatic rings. The molecule has 0 aliphatic rings. The molecule has 0 aliphatic heterocycles. The second kappa shape index (κ2) is 7.40. The number of amides is 1. The zero-order valence-corrected chi connectivity index (χ0v) is 12.7. The molecule has 0 fully saturated rings. The zero-order chi connectivity index (χ0) is 15.9. The van der Waals surface area contributed by atoms with Gasteiger partial charge in [0.15, 0.2) is 0 Å². The first-order valence-corrected chi connectivity index (χ1v) is 7.16. The Labute approximate surface area is 129 Å². The molecule has 0 bridgehead atoms. The second-order valence-corrected chi connectivity index (χ2v) is 4.74. The Bertz CT molecular complexity index is 650. The third-order valence-corrected chi connectivity index (χ3v) is 3.07. The predicted octanol–water partition coefficient (Wildman–Crippen LogP) is 1.80. The van der Waals surface area contributed by atoms with Crippen LogP contribution in [0.5, 0.6) is 0 Å². The number of nitrogens with zero attached hydrogens (tertiary/aromatic N) is 2. The van der Waals surface area contributed by atoms with E-state index in [1.165, 1.54) is 0 Å². The van der Waals surface area contributed by atoms with Crippen molar-refractivity contribution in [1.82, 2.24) is 15.1 Å². The molecule has 1 N–H and O–H groups in total. The van der Waals surface area contributed by atoms with E-state index in [9.17, 15) is 9.59 Å². The van der Waals surface area contributed by atoms with Crippen LogP contribution in [0.4, 0.5) is 0 Å². The number of nitrogens with one attached hydrogen (secondary N) is 1. The van der Waals surface area contributed by atoms with Crippen LogP contribution in [0.25, 0.3) is 0 Å². The summed E-state index contributed by atoms with van der Waals surface area (Å²) < 4.78 is 6.75. The van der Waals surface area contributed by atoms with Crippen molar-refractivity contribution in [2.45, 2.75) is 20.4 Å². The van der Waals surface area contributed by atoms with Gasteiger partial charge < -0.3 is 10.1 Å². The lowest BCUT2D eigenvalue weighted by atomic mass is 10.2. The number of aryl methyl sites for hydroxylation is 2. The van der Waals surface area contributed by atoms with E-state index in [-0.39, 0.29) is 19.1 Å². The number of rotatable bonds is 6. The topological polar surface area (TPSA) is 73.2 Å². The van der Waals surface area contributed by atoms with E-state index in [1.807, 2.05) is 19.9 Å². The van der Waals surface area contributed by atoms with Crippen molar-refractivity contribution in [3.05, 3.63) is 53.3 Å². The van der Waals surface area contributed by atoms with Gasteiger partial charge in [0.2, 0.25) is 0 Å². The van der Waals surface area contributed by atoms with Crippen LogP contribution in [-0.2, 0) is 11.3 Å². The molecule has 1 amide bonds. The minimum absolute atomic E-state index is 0.116. The number of esters is 1. The van der Waals surface area contributed by atoms with Crippen molar-refractivity contribution in [3.8, 4) is 0 Å². The van der Waals surface area contributed by atoms with E-state index >= 15 is 0 Å². The fourth-order valence-corrected chi connectivity index (χ4v) is 2.02. The van der Waals surface area contributed by atoms with Gasteiger partial charge in [-0.05, 0) is 32.0 Å². The summed E-state index contributed by atoms with van der Waals surface area (Å²) in [5, 5.41) is 6.89. The summed E-state index contributed by atoms with van der Waals surface area (Å²) in [5.74, 6) is -0.623. The van der Waals surface area contributed by atoms with Gasteiger partial charge in [-0.1, -0.05) is 18.2 Å². The first kappa shape index (κ1) is 15.8. The standard InChI is InChI=1S/C16H19N3O3/c1-3-19-14(11-12(2)18-19)16(21)22-10-9-17-15(20)13-7-5-4-6-8-13/h4-8,11H,3,9-10H2,1-2H3,(H,17,20). The van der Waals surface area contributed by atoms with E-state index in [1.54, 1.807) is 35.0 Å². The maximum atomic E-state index is 12.0. The van der Waals surface area contributed by atoms with E-state index < -0.39 is 5.97 Å². The molecule has 0 saturated carbocycles. The highest BCUT2D eigenvalue weighted by Crippen LogP contribution is 2.05. The smallest absolute Gasteiger partial charge is 0.356 e. The van der Waals surface area contributed by atoms with Gasteiger partial charge in [0, 0.05) is 12.1 Å². The van der Waals surface area contributed by atoms with Crippen LogP contribution in [0.1, 0.15) is 33.5 Å². The quantitative estimate of drug-likeness (QED) is 0.652. The highest BCUT2D eigenvalue weighted by Gasteiger charge is 2.14.